The second-order valence-electron chi connectivity index (χ2n) is 5.27. The molecule has 10 heteroatoms. The van der Waals surface area contributed by atoms with Crippen LogP contribution in [0, 0.1) is 5.92 Å². The van der Waals surface area contributed by atoms with Gasteiger partial charge in [0.2, 0.25) is 15.9 Å². The Bertz CT molecular complexity index is 679. The van der Waals surface area contributed by atoms with Crippen LogP contribution in [0.5, 0.6) is 0 Å². The molecule has 0 aliphatic carbocycles. The highest BCUT2D eigenvalue weighted by molar-refractivity contribution is 7.88. The number of sulfonamides is 1. The van der Waals surface area contributed by atoms with Gasteiger partial charge in [-0.05, 0) is 0 Å². The molecule has 2 rings (SSSR count). The minimum absolute atomic E-state index is 0.0444. The molecule has 1 N–H and O–H groups in total. The Hall–Kier alpha value is -2.07. The smallest absolute Gasteiger partial charge is 0.274 e. The molecular weight excluding hydrogens is 322 g/mol. The van der Waals surface area contributed by atoms with E-state index in [2.05, 4.69) is 15.3 Å². The van der Waals surface area contributed by atoms with Crippen molar-refractivity contribution >= 4 is 21.8 Å². The lowest BCUT2D eigenvalue weighted by Crippen LogP contribution is -2.42. The summed E-state index contributed by atoms with van der Waals surface area (Å²) in [5.74, 6) is -1.32. The van der Waals surface area contributed by atoms with E-state index in [1.807, 2.05) is 0 Å². The van der Waals surface area contributed by atoms with Crippen molar-refractivity contribution in [3.63, 3.8) is 0 Å². The molecule has 1 aromatic rings. The molecule has 2 heterocycles. The number of nitrogens with one attached hydrogen (secondary N) is 1. The summed E-state index contributed by atoms with van der Waals surface area (Å²) in [7, 11) is -1.97. The number of rotatable bonds is 3. The van der Waals surface area contributed by atoms with Crippen LogP contribution in [0.2, 0.25) is 0 Å². The van der Waals surface area contributed by atoms with Gasteiger partial charge in [0.25, 0.3) is 5.91 Å². The van der Waals surface area contributed by atoms with E-state index in [0.29, 0.717) is 0 Å². The van der Waals surface area contributed by atoms with Gasteiger partial charge >= 0.3 is 0 Å². The number of amides is 2. The van der Waals surface area contributed by atoms with Gasteiger partial charge in [-0.3, -0.25) is 14.6 Å². The predicted molar refractivity (Wildman–Crippen MR) is 81.9 cm³/mol. The third kappa shape index (κ3) is 4.23. The molecule has 1 saturated heterocycles. The number of hydrogen-bond donors (Lipinski definition) is 1. The average Bonchev–Trinajstić information content (AvgIpc) is 2.77. The number of hydrogen-bond acceptors (Lipinski definition) is 6. The Kier molecular flexibility index (Phi) is 5.26. The van der Waals surface area contributed by atoms with Crippen LogP contribution in [-0.2, 0) is 14.8 Å². The molecule has 126 valence electrons. The van der Waals surface area contributed by atoms with E-state index in [0.717, 1.165) is 6.26 Å². The van der Waals surface area contributed by atoms with Crippen molar-refractivity contribution in [2.75, 3.05) is 39.5 Å². The summed E-state index contributed by atoms with van der Waals surface area (Å²) in [6.45, 7) is 0.498. The van der Waals surface area contributed by atoms with Crippen molar-refractivity contribution in [1.82, 2.24) is 24.5 Å². The molecule has 0 aromatic carbocycles. The fourth-order valence-electron chi connectivity index (χ4n) is 2.41. The second-order valence-corrected chi connectivity index (χ2v) is 7.26. The van der Waals surface area contributed by atoms with Crippen LogP contribution in [0.4, 0.5) is 0 Å². The Morgan fingerprint density at radius 2 is 2.00 bits per heavy atom. The van der Waals surface area contributed by atoms with Crippen molar-refractivity contribution in [3.05, 3.63) is 24.3 Å². The summed E-state index contributed by atoms with van der Waals surface area (Å²) in [5, 5.41) is 2.51. The van der Waals surface area contributed by atoms with Crippen LogP contribution in [0.3, 0.4) is 0 Å². The van der Waals surface area contributed by atoms with Crippen LogP contribution < -0.4 is 5.32 Å². The van der Waals surface area contributed by atoms with E-state index in [9.17, 15) is 18.0 Å². The van der Waals surface area contributed by atoms with Gasteiger partial charge in [0, 0.05) is 45.6 Å². The SMILES string of the molecule is CNC(=O)C1CN(C(=O)c2cnccn2)CCN(S(C)(=O)=O)C1. The zero-order valence-electron chi connectivity index (χ0n) is 13.0. The molecule has 23 heavy (non-hydrogen) atoms. The maximum Gasteiger partial charge on any atom is 0.274 e. The minimum atomic E-state index is -3.45. The fourth-order valence-corrected chi connectivity index (χ4v) is 3.28. The number of aromatic nitrogens is 2. The predicted octanol–water partition coefficient (Wildman–Crippen LogP) is -1.44. The van der Waals surface area contributed by atoms with Gasteiger partial charge in [-0.2, -0.15) is 4.31 Å². The lowest BCUT2D eigenvalue weighted by atomic mass is 10.1. The molecule has 1 unspecified atom stereocenters. The number of nitrogens with zero attached hydrogens (tertiary/aromatic N) is 4. The van der Waals surface area contributed by atoms with Crippen molar-refractivity contribution in [3.8, 4) is 0 Å². The summed E-state index contributed by atoms with van der Waals surface area (Å²) in [5.41, 5.74) is 0.163. The third-order valence-electron chi connectivity index (χ3n) is 3.64. The van der Waals surface area contributed by atoms with Crippen LogP contribution >= 0.6 is 0 Å². The first-order valence-corrected chi connectivity index (χ1v) is 8.89. The Morgan fingerprint density at radius 1 is 1.26 bits per heavy atom. The highest BCUT2D eigenvalue weighted by Gasteiger charge is 2.33. The van der Waals surface area contributed by atoms with E-state index >= 15 is 0 Å². The van der Waals surface area contributed by atoms with Crippen molar-refractivity contribution in [2.24, 2.45) is 5.92 Å². The summed E-state index contributed by atoms with van der Waals surface area (Å²) < 4.78 is 24.8. The largest absolute Gasteiger partial charge is 0.359 e. The van der Waals surface area contributed by atoms with Gasteiger partial charge in [-0.25, -0.2) is 13.4 Å². The third-order valence-corrected chi connectivity index (χ3v) is 4.91. The molecule has 9 nitrogen and oxygen atoms in total. The zero-order valence-corrected chi connectivity index (χ0v) is 13.8. The quantitative estimate of drug-likeness (QED) is 0.720. The summed E-state index contributed by atoms with van der Waals surface area (Å²) in [6.07, 6.45) is 5.30. The maximum atomic E-state index is 12.5. The van der Waals surface area contributed by atoms with E-state index in [1.54, 1.807) is 0 Å². The van der Waals surface area contributed by atoms with E-state index in [4.69, 9.17) is 0 Å². The molecule has 0 radical (unpaired) electrons. The lowest BCUT2D eigenvalue weighted by Gasteiger charge is -2.22. The molecule has 0 spiro atoms. The van der Waals surface area contributed by atoms with Gasteiger partial charge in [0.05, 0.1) is 18.4 Å². The highest BCUT2D eigenvalue weighted by atomic mass is 32.2. The summed E-state index contributed by atoms with van der Waals surface area (Å²) in [4.78, 5) is 33.7. The summed E-state index contributed by atoms with van der Waals surface area (Å²) in [6, 6.07) is 0. The topological polar surface area (TPSA) is 113 Å². The fraction of sp³-hybridized carbons (Fsp3) is 0.538. The van der Waals surface area contributed by atoms with Crippen LogP contribution in [0.25, 0.3) is 0 Å². The lowest BCUT2D eigenvalue weighted by molar-refractivity contribution is -0.124. The van der Waals surface area contributed by atoms with Gasteiger partial charge < -0.3 is 10.2 Å². The first-order chi connectivity index (χ1) is 10.8. The van der Waals surface area contributed by atoms with Crippen LogP contribution in [-0.4, -0.2) is 78.9 Å². The van der Waals surface area contributed by atoms with E-state index in [1.165, 1.54) is 34.8 Å². The van der Waals surface area contributed by atoms with Gasteiger partial charge in [-0.15, -0.1) is 0 Å². The molecule has 1 atom stereocenters. The molecule has 1 aliphatic heterocycles. The zero-order chi connectivity index (χ0) is 17.0. The molecule has 1 fully saturated rings. The van der Waals surface area contributed by atoms with Gasteiger partial charge in [0.1, 0.15) is 5.69 Å². The van der Waals surface area contributed by atoms with Crippen LogP contribution in [0.15, 0.2) is 18.6 Å². The van der Waals surface area contributed by atoms with Gasteiger partial charge in [0.15, 0.2) is 0 Å². The molecule has 0 saturated carbocycles. The van der Waals surface area contributed by atoms with E-state index < -0.39 is 15.9 Å². The highest BCUT2D eigenvalue weighted by Crippen LogP contribution is 2.14. The van der Waals surface area contributed by atoms with Crippen molar-refractivity contribution in [2.45, 2.75) is 0 Å². The second kappa shape index (κ2) is 7.01. The van der Waals surface area contributed by atoms with Gasteiger partial charge in [-0.1, -0.05) is 0 Å². The van der Waals surface area contributed by atoms with E-state index in [-0.39, 0.29) is 43.7 Å². The van der Waals surface area contributed by atoms with Crippen molar-refractivity contribution in [1.29, 1.82) is 0 Å². The van der Waals surface area contributed by atoms with Crippen molar-refractivity contribution < 1.29 is 18.0 Å². The monoisotopic (exact) mass is 341 g/mol. The molecule has 1 aliphatic rings. The molecular formula is C13H19N5O4S. The maximum absolute atomic E-state index is 12.5. The Labute approximate surface area is 134 Å². The molecule has 0 bridgehead atoms. The molecule has 2 amide bonds. The minimum Gasteiger partial charge on any atom is -0.359 e. The normalized spacial score (nSPS) is 19.9. The average molecular weight is 341 g/mol. The first kappa shape index (κ1) is 17.3. The van der Waals surface area contributed by atoms with Crippen LogP contribution in [0.1, 0.15) is 10.5 Å². The Morgan fingerprint density at radius 3 is 2.57 bits per heavy atom. The molecule has 1 aromatic heterocycles. The first-order valence-electron chi connectivity index (χ1n) is 7.05. The Balaban J connectivity index is 2.25. The standard InChI is InChI=1S/C13H19N5O4S/c1-14-12(19)10-8-17(5-6-18(9-10)23(2,21)22)13(20)11-7-15-3-4-16-11/h3-4,7,10H,5-6,8-9H2,1-2H3,(H,14,19). The number of carbonyl (C=O) groups is 2. The summed E-state index contributed by atoms with van der Waals surface area (Å²) >= 11 is 0. The number of carbonyl (C=O) groups excluding carboxylic acids is 2.